The zero-order valence-corrected chi connectivity index (χ0v) is 20.8. The van der Waals surface area contributed by atoms with Crippen LogP contribution in [-0.2, 0) is 9.53 Å². The Balaban J connectivity index is 2.38. The lowest BCUT2D eigenvalue weighted by Crippen LogP contribution is -2.58. The van der Waals surface area contributed by atoms with Crippen LogP contribution in [0.1, 0.15) is 105 Å². The minimum Gasteiger partial charge on any atom is -0.444 e. The topological polar surface area (TPSA) is 113 Å². The molecule has 0 saturated heterocycles. The molecule has 0 radical (unpaired) electrons. The summed E-state index contributed by atoms with van der Waals surface area (Å²) in [5, 5.41) is 22.2. The van der Waals surface area contributed by atoms with Crippen LogP contribution in [0, 0.1) is 11.8 Å². The van der Waals surface area contributed by atoms with E-state index in [1.807, 2.05) is 34.6 Å². The number of aliphatic hydroxyl groups is 2. The average molecular weight is 455 g/mol. The largest absolute Gasteiger partial charge is 0.444 e. The molecule has 0 aromatic rings. The molecule has 3 atom stereocenters. The predicted octanol–water partition coefficient (Wildman–Crippen LogP) is 4.13. The van der Waals surface area contributed by atoms with Crippen molar-refractivity contribution in [1.29, 1.82) is 0 Å². The van der Waals surface area contributed by atoms with Gasteiger partial charge in [-0.1, -0.05) is 46.0 Å². The molecule has 2 aliphatic rings. The molecule has 2 fully saturated rings. The fourth-order valence-electron chi connectivity index (χ4n) is 5.14. The van der Waals surface area contributed by atoms with E-state index in [4.69, 9.17) is 10.5 Å². The number of carbonyl (C=O) groups is 2. The quantitative estimate of drug-likeness (QED) is 0.434. The van der Waals surface area contributed by atoms with Crippen LogP contribution in [0.5, 0.6) is 0 Å². The number of hydrogen-bond donors (Lipinski definition) is 3. The first-order valence-electron chi connectivity index (χ1n) is 12.5. The number of nitrogens with zero attached hydrogens (tertiary/aromatic N) is 1. The fraction of sp³-hybridized carbons (Fsp3) is 0.920. The zero-order valence-electron chi connectivity index (χ0n) is 20.8. The summed E-state index contributed by atoms with van der Waals surface area (Å²) in [6, 6.07) is -0.558. The summed E-state index contributed by atoms with van der Waals surface area (Å²) in [4.78, 5) is 26.8. The molecule has 2 amide bonds. The molecule has 2 saturated carbocycles. The maximum Gasteiger partial charge on any atom is 0.411 e. The summed E-state index contributed by atoms with van der Waals surface area (Å²) >= 11 is 0. The van der Waals surface area contributed by atoms with Crippen LogP contribution in [0.15, 0.2) is 0 Å². The molecule has 4 N–H and O–H groups in total. The second kappa shape index (κ2) is 11.2. The number of carbonyl (C=O) groups excluding carboxylic acids is 2. The maximum absolute atomic E-state index is 13.5. The van der Waals surface area contributed by atoms with Crippen LogP contribution in [0.2, 0.25) is 0 Å². The van der Waals surface area contributed by atoms with Gasteiger partial charge in [-0.3, -0.25) is 9.69 Å². The van der Waals surface area contributed by atoms with E-state index in [1.165, 1.54) is 6.42 Å². The second-order valence-electron chi connectivity index (χ2n) is 11.5. The van der Waals surface area contributed by atoms with E-state index in [0.717, 1.165) is 38.5 Å². The van der Waals surface area contributed by atoms with Crippen LogP contribution in [0.25, 0.3) is 0 Å². The first kappa shape index (κ1) is 26.9. The molecule has 0 aromatic heterocycles. The Labute approximate surface area is 194 Å². The first-order chi connectivity index (χ1) is 14.8. The molecule has 0 bridgehead atoms. The molecule has 7 nitrogen and oxygen atoms in total. The third-order valence-electron chi connectivity index (χ3n) is 6.90. The van der Waals surface area contributed by atoms with E-state index in [9.17, 15) is 19.8 Å². The zero-order chi connectivity index (χ0) is 24.1. The number of hydrogen-bond acceptors (Lipinski definition) is 5. The Bertz CT molecular complexity index is 620. The molecule has 7 heteroatoms. The lowest BCUT2D eigenvalue weighted by atomic mass is 9.81. The Kier molecular flexibility index (Phi) is 9.41. The minimum absolute atomic E-state index is 0.181. The third-order valence-corrected chi connectivity index (χ3v) is 6.90. The highest BCUT2D eigenvalue weighted by Crippen LogP contribution is 2.49. The minimum atomic E-state index is -1.07. The van der Waals surface area contributed by atoms with Crippen molar-refractivity contribution < 1.29 is 24.5 Å². The molecule has 186 valence electrons. The molecule has 0 aromatic carbocycles. The van der Waals surface area contributed by atoms with Crippen molar-refractivity contribution in [3.05, 3.63) is 0 Å². The number of rotatable bonds is 11. The molecule has 32 heavy (non-hydrogen) atoms. The van der Waals surface area contributed by atoms with Gasteiger partial charge in [0.15, 0.2) is 0 Å². The summed E-state index contributed by atoms with van der Waals surface area (Å²) in [6.07, 6.45) is 6.40. The van der Waals surface area contributed by atoms with Crippen molar-refractivity contribution in [3.63, 3.8) is 0 Å². The van der Waals surface area contributed by atoms with Gasteiger partial charge in [0.1, 0.15) is 11.7 Å². The van der Waals surface area contributed by atoms with E-state index in [-0.39, 0.29) is 12.3 Å². The number of ether oxygens (including phenoxy) is 1. The van der Waals surface area contributed by atoms with E-state index >= 15 is 0 Å². The van der Waals surface area contributed by atoms with Gasteiger partial charge in [0.05, 0.1) is 12.1 Å². The van der Waals surface area contributed by atoms with Crippen molar-refractivity contribution >= 4 is 12.0 Å². The van der Waals surface area contributed by atoms with Gasteiger partial charge in [-0.05, 0) is 64.7 Å². The van der Waals surface area contributed by atoms with E-state index in [1.54, 1.807) is 4.90 Å². The standard InChI is InChI=1S/C25H46N2O5/c1-17(2)15-20(28)22(30)19(16-18-9-7-6-8-10-18)27(23(31)32-24(3,4)5)25(13-14-25)12-11-21(26)29/h17-20,22,28,30H,6-16H2,1-5H3,(H2,26,29)/t19-,20+,22-/m1/s1. The molecule has 0 spiro atoms. The van der Waals surface area contributed by atoms with Crippen LogP contribution in [-0.4, -0.2) is 56.5 Å². The maximum atomic E-state index is 13.5. The Morgan fingerprint density at radius 3 is 2.19 bits per heavy atom. The monoisotopic (exact) mass is 454 g/mol. The highest BCUT2D eigenvalue weighted by molar-refractivity contribution is 5.74. The molecule has 2 rings (SSSR count). The predicted molar refractivity (Wildman–Crippen MR) is 125 cm³/mol. The Morgan fingerprint density at radius 2 is 1.72 bits per heavy atom. The van der Waals surface area contributed by atoms with Crippen LogP contribution in [0.4, 0.5) is 4.79 Å². The Hall–Kier alpha value is -1.34. The third kappa shape index (κ3) is 7.91. The first-order valence-corrected chi connectivity index (χ1v) is 12.5. The van der Waals surface area contributed by atoms with Crippen molar-refractivity contribution in [2.45, 2.75) is 135 Å². The number of amides is 2. The van der Waals surface area contributed by atoms with Crippen LogP contribution in [0.3, 0.4) is 0 Å². The highest BCUT2D eigenvalue weighted by atomic mass is 16.6. The molecule has 0 aliphatic heterocycles. The van der Waals surface area contributed by atoms with Crippen LogP contribution < -0.4 is 5.73 Å². The summed E-state index contributed by atoms with van der Waals surface area (Å²) in [5.41, 5.74) is 4.20. The van der Waals surface area contributed by atoms with Crippen molar-refractivity contribution in [3.8, 4) is 0 Å². The van der Waals surface area contributed by atoms with Gasteiger partial charge in [-0.15, -0.1) is 0 Å². The van der Waals surface area contributed by atoms with E-state index in [2.05, 4.69) is 0 Å². The van der Waals surface area contributed by atoms with Crippen molar-refractivity contribution in [2.24, 2.45) is 17.6 Å². The van der Waals surface area contributed by atoms with E-state index in [0.29, 0.717) is 25.2 Å². The van der Waals surface area contributed by atoms with Gasteiger partial charge in [0, 0.05) is 12.0 Å². The summed E-state index contributed by atoms with van der Waals surface area (Å²) in [5.74, 6) is 0.214. The van der Waals surface area contributed by atoms with Gasteiger partial charge in [0.2, 0.25) is 5.91 Å². The van der Waals surface area contributed by atoms with Gasteiger partial charge < -0.3 is 20.7 Å². The lowest BCUT2D eigenvalue weighted by molar-refractivity contribution is -0.119. The molecular formula is C25H46N2O5. The highest BCUT2D eigenvalue weighted by Gasteiger charge is 2.55. The van der Waals surface area contributed by atoms with Gasteiger partial charge in [-0.2, -0.15) is 0 Å². The summed E-state index contributed by atoms with van der Waals surface area (Å²) < 4.78 is 5.79. The Morgan fingerprint density at radius 1 is 1.12 bits per heavy atom. The fourth-order valence-corrected chi connectivity index (χ4v) is 5.14. The van der Waals surface area contributed by atoms with Crippen LogP contribution >= 0.6 is 0 Å². The van der Waals surface area contributed by atoms with Gasteiger partial charge in [0.25, 0.3) is 0 Å². The lowest BCUT2D eigenvalue weighted by Gasteiger charge is -2.44. The van der Waals surface area contributed by atoms with Crippen molar-refractivity contribution in [2.75, 3.05) is 0 Å². The van der Waals surface area contributed by atoms with Gasteiger partial charge >= 0.3 is 6.09 Å². The number of aliphatic hydroxyl groups excluding tert-OH is 2. The normalized spacial score (nSPS) is 21.6. The smallest absolute Gasteiger partial charge is 0.411 e. The summed E-state index contributed by atoms with van der Waals surface area (Å²) in [6.45, 7) is 9.49. The van der Waals surface area contributed by atoms with Crippen molar-refractivity contribution in [1.82, 2.24) is 4.90 Å². The molecule has 0 heterocycles. The SMILES string of the molecule is CC(C)C[C@H](O)[C@H](O)[C@@H](CC1CCCCC1)N(C(=O)OC(C)(C)C)C1(CCC(N)=O)CC1. The number of nitrogens with two attached hydrogens (primary N) is 1. The molecular weight excluding hydrogens is 408 g/mol. The summed E-state index contributed by atoms with van der Waals surface area (Å²) in [7, 11) is 0. The second-order valence-corrected chi connectivity index (χ2v) is 11.5. The molecule has 0 unspecified atom stereocenters. The average Bonchev–Trinajstić information content (AvgIpc) is 3.45. The molecule has 2 aliphatic carbocycles. The number of primary amides is 1. The van der Waals surface area contributed by atoms with Gasteiger partial charge in [-0.25, -0.2) is 4.79 Å². The van der Waals surface area contributed by atoms with E-state index < -0.39 is 41.4 Å².